The third-order valence-electron chi connectivity index (χ3n) is 5.60. The third kappa shape index (κ3) is 5.45. The molecule has 0 radical (unpaired) electrons. The third-order valence-corrected chi connectivity index (χ3v) is 6.71. The highest BCUT2D eigenvalue weighted by molar-refractivity contribution is 7.90. The Labute approximate surface area is 171 Å². The van der Waals surface area contributed by atoms with Crippen LogP contribution in [0.2, 0.25) is 0 Å². The molecule has 2 aliphatic heterocycles. The Balaban J connectivity index is 1.63. The van der Waals surface area contributed by atoms with Gasteiger partial charge < -0.3 is 9.80 Å². The lowest BCUT2D eigenvalue weighted by atomic mass is 10.2. The number of nitro groups is 1. The molecule has 0 aliphatic carbocycles. The quantitative estimate of drug-likeness (QED) is 0.521. The molecule has 0 spiro atoms. The van der Waals surface area contributed by atoms with Crippen molar-refractivity contribution in [3.63, 3.8) is 0 Å². The summed E-state index contributed by atoms with van der Waals surface area (Å²) in [5, 5.41) is 11.5. The number of carbonyl (C=O) groups excluding carboxylic acids is 1. The van der Waals surface area contributed by atoms with Gasteiger partial charge in [0.15, 0.2) is 9.84 Å². The van der Waals surface area contributed by atoms with Crippen molar-refractivity contribution in [2.45, 2.75) is 30.6 Å². The molecule has 1 aromatic rings. The van der Waals surface area contributed by atoms with Crippen LogP contribution in [0, 0.1) is 10.1 Å². The molecule has 2 heterocycles. The molecule has 9 nitrogen and oxygen atoms in total. The van der Waals surface area contributed by atoms with Crippen LogP contribution in [-0.2, 0) is 14.6 Å². The van der Waals surface area contributed by atoms with Gasteiger partial charge in [-0.05, 0) is 25.0 Å². The highest BCUT2D eigenvalue weighted by Gasteiger charge is 2.27. The Bertz CT molecular complexity index is 857. The van der Waals surface area contributed by atoms with Gasteiger partial charge in [-0.2, -0.15) is 0 Å². The first kappa shape index (κ1) is 21.5. The lowest BCUT2D eigenvalue weighted by Gasteiger charge is -2.36. The van der Waals surface area contributed by atoms with Gasteiger partial charge in [-0.3, -0.25) is 19.8 Å². The second-order valence-corrected chi connectivity index (χ2v) is 9.75. The van der Waals surface area contributed by atoms with E-state index in [1.54, 1.807) is 0 Å². The summed E-state index contributed by atoms with van der Waals surface area (Å²) >= 11 is 0. The van der Waals surface area contributed by atoms with Crippen LogP contribution in [-0.4, -0.2) is 81.1 Å². The standard InChI is InChI=1S/C19H28N4O5S/c1-29(27,28)16-6-7-17(18(14-16)23(25)26)21-12-10-20(11-13-21)15-19(24)22-8-4-2-3-5-9-22/h6-7,14H,2-5,8-13,15H2,1H3. The molecule has 0 atom stereocenters. The van der Waals surface area contributed by atoms with Crippen molar-refractivity contribution in [3.05, 3.63) is 28.3 Å². The van der Waals surface area contributed by atoms with Crippen molar-refractivity contribution in [1.29, 1.82) is 0 Å². The summed E-state index contributed by atoms with van der Waals surface area (Å²) in [7, 11) is -3.52. The maximum atomic E-state index is 12.6. The van der Waals surface area contributed by atoms with E-state index < -0.39 is 14.8 Å². The SMILES string of the molecule is CS(=O)(=O)c1ccc(N2CCN(CC(=O)N3CCCCCC3)CC2)c([N+](=O)[O-])c1. The zero-order valence-corrected chi connectivity index (χ0v) is 17.6. The van der Waals surface area contributed by atoms with Crippen LogP contribution in [0.1, 0.15) is 25.7 Å². The molecule has 2 saturated heterocycles. The number of benzene rings is 1. The fraction of sp³-hybridized carbons (Fsp3) is 0.632. The number of hydrogen-bond donors (Lipinski definition) is 0. The van der Waals surface area contributed by atoms with Crippen molar-refractivity contribution in [3.8, 4) is 0 Å². The second kappa shape index (κ2) is 9.08. The van der Waals surface area contributed by atoms with E-state index in [0.29, 0.717) is 38.4 Å². The molecule has 160 valence electrons. The van der Waals surface area contributed by atoms with E-state index in [4.69, 9.17) is 0 Å². The molecule has 1 amide bonds. The van der Waals surface area contributed by atoms with Gasteiger partial charge in [0.25, 0.3) is 5.69 Å². The first-order valence-corrected chi connectivity index (χ1v) is 11.9. The van der Waals surface area contributed by atoms with Crippen molar-refractivity contribution < 1.29 is 18.1 Å². The summed E-state index contributed by atoms with van der Waals surface area (Å²) in [6.45, 7) is 4.39. The number of rotatable bonds is 5. The molecule has 0 N–H and O–H groups in total. The van der Waals surface area contributed by atoms with Gasteiger partial charge in [0.05, 0.1) is 16.4 Å². The zero-order chi connectivity index (χ0) is 21.0. The lowest BCUT2D eigenvalue weighted by Crippen LogP contribution is -2.50. The fourth-order valence-corrected chi connectivity index (χ4v) is 4.55. The number of anilines is 1. The van der Waals surface area contributed by atoms with Crippen LogP contribution < -0.4 is 4.90 Å². The number of piperazine rings is 1. The second-order valence-electron chi connectivity index (χ2n) is 7.74. The largest absolute Gasteiger partial charge is 0.363 e. The van der Waals surface area contributed by atoms with Gasteiger partial charge in [0, 0.05) is 51.6 Å². The maximum Gasteiger partial charge on any atom is 0.293 e. The van der Waals surface area contributed by atoms with E-state index in [1.807, 2.05) is 9.80 Å². The van der Waals surface area contributed by atoms with Crippen LogP contribution in [0.3, 0.4) is 0 Å². The van der Waals surface area contributed by atoms with E-state index >= 15 is 0 Å². The minimum atomic E-state index is -3.52. The topological polar surface area (TPSA) is 104 Å². The smallest absolute Gasteiger partial charge is 0.293 e. The van der Waals surface area contributed by atoms with Crippen LogP contribution in [0.25, 0.3) is 0 Å². The van der Waals surface area contributed by atoms with E-state index in [0.717, 1.165) is 38.3 Å². The minimum absolute atomic E-state index is 0.0605. The van der Waals surface area contributed by atoms with Gasteiger partial charge in [-0.25, -0.2) is 8.42 Å². The predicted molar refractivity (Wildman–Crippen MR) is 110 cm³/mol. The molecule has 0 unspecified atom stereocenters. The normalized spacial score (nSPS) is 19.1. The average Bonchev–Trinajstić information content (AvgIpc) is 2.97. The number of likely N-dealkylation sites (tertiary alicyclic amines) is 1. The van der Waals surface area contributed by atoms with Crippen molar-refractivity contribution in [2.75, 3.05) is 57.0 Å². The van der Waals surface area contributed by atoms with Crippen LogP contribution in [0.15, 0.2) is 23.1 Å². The molecule has 10 heteroatoms. The number of carbonyl (C=O) groups is 1. The van der Waals surface area contributed by atoms with E-state index in [9.17, 15) is 23.3 Å². The van der Waals surface area contributed by atoms with Crippen LogP contribution >= 0.6 is 0 Å². The van der Waals surface area contributed by atoms with Crippen molar-refractivity contribution >= 4 is 27.1 Å². The van der Waals surface area contributed by atoms with Crippen molar-refractivity contribution in [2.24, 2.45) is 0 Å². The fourth-order valence-electron chi connectivity index (χ4n) is 3.91. The van der Waals surface area contributed by atoms with E-state index in [-0.39, 0.29) is 16.5 Å². The Morgan fingerprint density at radius 2 is 1.66 bits per heavy atom. The van der Waals surface area contributed by atoms with Gasteiger partial charge in [-0.1, -0.05) is 12.8 Å². The molecule has 2 fully saturated rings. The summed E-state index contributed by atoms with van der Waals surface area (Å²) in [6.07, 6.45) is 5.52. The maximum absolute atomic E-state index is 12.6. The van der Waals surface area contributed by atoms with E-state index in [1.165, 1.54) is 25.0 Å². The highest BCUT2D eigenvalue weighted by Crippen LogP contribution is 2.31. The number of hydrogen-bond acceptors (Lipinski definition) is 7. The van der Waals surface area contributed by atoms with Gasteiger partial charge in [0.1, 0.15) is 5.69 Å². The van der Waals surface area contributed by atoms with Crippen LogP contribution in [0.4, 0.5) is 11.4 Å². The predicted octanol–water partition coefficient (Wildman–Crippen LogP) is 1.52. The molecule has 29 heavy (non-hydrogen) atoms. The van der Waals surface area contributed by atoms with Gasteiger partial charge in [-0.15, -0.1) is 0 Å². The number of nitrogens with zero attached hydrogens (tertiary/aromatic N) is 4. The summed E-state index contributed by atoms with van der Waals surface area (Å²) in [5.41, 5.74) is 0.211. The number of amides is 1. The van der Waals surface area contributed by atoms with Crippen LogP contribution in [0.5, 0.6) is 0 Å². The summed E-state index contributed by atoms with van der Waals surface area (Å²) in [5.74, 6) is 0.156. The molecular formula is C19H28N4O5S. The summed E-state index contributed by atoms with van der Waals surface area (Å²) in [4.78, 5) is 29.4. The number of sulfone groups is 1. The average molecular weight is 425 g/mol. The Kier molecular flexibility index (Phi) is 6.74. The van der Waals surface area contributed by atoms with E-state index in [2.05, 4.69) is 4.90 Å². The number of nitro benzene ring substituents is 1. The van der Waals surface area contributed by atoms with Gasteiger partial charge >= 0.3 is 0 Å². The summed E-state index contributed by atoms with van der Waals surface area (Å²) in [6, 6.07) is 4.04. The molecule has 3 rings (SSSR count). The van der Waals surface area contributed by atoms with Crippen molar-refractivity contribution in [1.82, 2.24) is 9.80 Å². The molecular weight excluding hydrogens is 396 g/mol. The first-order chi connectivity index (χ1) is 13.8. The zero-order valence-electron chi connectivity index (χ0n) is 16.7. The Morgan fingerprint density at radius 1 is 1.03 bits per heavy atom. The lowest BCUT2D eigenvalue weighted by molar-refractivity contribution is -0.384. The first-order valence-electron chi connectivity index (χ1n) is 9.99. The monoisotopic (exact) mass is 424 g/mol. The Morgan fingerprint density at radius 3 is 2.21 bits per heavy atom. The summed E-state index contributed by atoms with van der Waals surface area (Å²) < 4.78 is 23.4. The molecule has 0 aromatic heterocycles. The molecule has 0 bridgehead atoms. The minimum Gasteiger partial charge on any atom is -0.363 e. The molecule has 0 saturated carbocycles. The molecule has 2 aliphatic rings. The van der Waals surface area contributed by atoms with Gasteiger partial charge in [0.2, 0.25) is 5.91 Å². The Hall–Kier alpha value is -2.20. The highest BCUT2D eigenvalue weighted by atomic mass is 32.2. The molecule has 1 aromatic carbocycles.